The highest BCUT2D eigenvalue weighted by Gasteiger charge is 2.14. The Morgan fingerprint density at radius 1 is 1.17 bits per heavy atom. The van der Waals surface area contributed by atoms with Crippen LogP contribution in [-0.2, 0) is 10.0 Å². The fourth-order valence-electron chi connectivity index (χ4n) is 2.23. The third kappa shape index (κ3) is 6.68. The van der Waals surface area contributed by atoms with Gasteiger partial charge in [0.05, 0.1) is 15.5 Å². The summed E-state index contributed by atoms with van der Waals surface area (Å²) >= 11 is 8.51. The maximum absolute atomic E-state index is 12.4. The summed E-state index contributed by atoms with van der Waals surface area (Å²) in [5, 5.41) is 5.39. The predicted molar refractivity (Wildman–Crippen MR) is 123 cm³/mol. The van der Waals surface area contributed by atoms with Gasteiger partial charge in [-0.2, -0.15) is 8.42 Å². The summed E-state index contributed by atoms with van der Waals surface area (Å²) in [6.07, 6.45) is -0.00130. The molecule has 0 fully saturated rings. The maximum atomic E-state index is 12.4. The van der Waals surface area contributed by atoms with Gasteiger partial charge in [-0.25, -0.2) is 0 Å². The Morgan fingerprint density at radius 2 is 1.80 bits per heavy atom. The van der Waals surface area contributed by atoms with E-state index in [9.17, 15) is 13.2 Å². The Morgan fingerprint density at radius 3 is 2.33 bits per heavy atom. The minimum atomic E-state index is -3.98. The van der Waals surface area contributed by atoms with Crippen molar-refractivity contribution in [1.82, 2.24) is 5.32 Å². The van der Waals surface area contributed by atoms with E-state index in [2.05, 4.69) is 31.0 Å². The summed E-state index contributed by atoms with van der Waals surface area (Å²) in [4.78, 5) is 12.3. The van der Waals surface area contributed by atoms with Crippen molar-refractivity contribution in [3.8, 4) is 5.75 Å². The van der Waals surface area contributed by atoms with Crippen LogP contribution in [0.2, 0.25) is 0 Å². The van der Waals surface area contributed by atoms with E-state index in [0.29, 0.717) is 21.5 Å². The van der Waals surface area contributed by atoms with Gasteiger partial charge in [0.2, 0.25) is 5.96 Å². The smallest absolute Gasteiger partial charge is 0.285 e. The largest absolute Gasteiger partial charge is 0.490 e. The van der Waals surface area contributed by atoms with Crippen molar-refractivity contribution in [3.05, 3.63) is 52.5 Å². The van der Waals surface area contributed by atoms with Gasteiger partial charge in [-0.05, 0) is 84.5 Å². The molecule has 6 N–H and O–H groups in total. The molecule has 0 saturated carbocycles. The normalized spacial score (nSPS) is 10.9. The number of halogens is 1. The molecule has 0 aliphatic carbocycles. The van der Waals surface area contributed by atoms with Crippen LogP contribution in [0.15, 0.2) is 56.2 Å². The van der Waals surface area contributed by atoms with E-state index in [0.717, 1.165) is 0 Å². The number of hydrogen-bond acceptors (Lipinski definition) is 5. The molecule has 0 saturated heterocycles. The van der Waals surface area contributed by atoms with Crippen LogP contribution in [0.1, 0.15) is 24.2 Å². The van der Waals surface area contributed by atoms with Crippen LogP contribution in [0.25, 0.3) is 0 Å². The number of carbonyl (C=O) groups is 1. The zero-order valence-electron chi connectivity index (χ0n) is 16.0. The van der Waals surface area contributed by atoms with E-state index in [1.165, 1.54) is 24.3 Å². The lowest BCUT2D eigenvalue weighted by Gasteiger charge is -2.13. The summed E-state index contributed by atoms with van der Waals surface area (Å²) in [6.45, 7) is 3.81. The number of guanidine groups is 1. The molecular formula is C18H20BrN5O4S2. The van der Waals surface area contributed by atoms with E-state index < -0.39 is 21.9 Å². The lowest BCUT2D eigenvalue weighted by Crippen LogP contribution is -2.34. The zero-order chi connectivity index (χ0) is 22.5. The number of hydrogen-bond donors (Lipinski definition) is 4. The molecule has 0 spiro atoms. The molecular weight excluding hydrogens is 494 g/mol. The van der Waals surface area contributed by atoms with Gasteiger partial charge in [0.15, 0.2) is 5.11 Å². The zero-order valence-corrected chi connectivity index (χ0v) is 19.3. The molecule has 30 heavy (non-hydrogen) atoms. The molecule has 9 nitrogen and oxygen atoms in total. The van der Waals surface area contributed by atoms with Gasteiger partial charge in [-0.1, -0.05) is 0 Å². The van der Waals surface area contributed by atoms with Gasteiger partial charge >= 0.3 is 0 Å². The molecule has 1 amide bonds. The van der Waals surface area contributed by atoms with E-state index in [1.807, 2.05) is 13.8 Å². The lowest BCUT2D eigenvalue weighted by molar-refractivity contribution is 0.0977. The van der Waals surface area contributed by atoms with Gasteiger partial charge in [-0.3, -0.25) is 10.1 Å². The average molecular weight is 514 g/mol. The second-order valence-corrected chi connectivity index (χ2v) is 9.10. The molecule has 2 aromatic rings. The second-order valence-electron chi connectivity index (χ2n) is 6.24. The van der Waals surface area contributed by atoms with Crippen LogP contribution >= 0.6 is 28.1 Å². The highest BCUT2D eigenvalue weighted by Crippen LogP contribution is 2.27. The molecule has 0 radical (unpaired) electrons. The summed E-state index contributed by atoms with van der Waals surface area (Å²) in [7, 11) is -3.98. The number of rotatable bonds is 6. The topological polar surface area (TPSA) is 149 Å². The second kappa shape index (κ2) is 9.87. The van der Waals surface area contributed by atoms with Crippen molar-refractivity contribution in [1.29, 1.82) is 0 Å². The summed E-state index contributed by atoms with van der Waals surface area (Å²) in [5.74, 6) is -0.356. The minimum absolute atomic E-state index is 0.00130. The van der Waals surface area contributed by atoms with Crippen LogP contribution in [0, 0.1) is 0 Å². The van der Waals surface area contributed by atoms with Gasteiger partial charge in [-0.15, -0.1) is 4.40 Å². The number of nitrogens with zero attached hydrogens (tertiary/aromatic N) is 1. The fourth-order valence-corrected chi connectivity index (χ4v) is 3.78. The number of ether oxygens (including phenoxy) is 1. The monoisotopic (exact) mass is 513 g/mol. The molecule has 2 aromatic carbocycles. The third-order valence-corrected chi connectivity index (χ3v) is 5.56. The number of nitrogens with two attached hydrogens (primary N) is 2. The minimum Gasteiger partial charge on any atom is -0.490 e. The molecule has 0 unspecified atom stereocenters. The van der Waals surface area contributed by atoms with Gasteiger partial charge in [0.25, 0.3) is 15.9 Å². The Labute approximate surface area is 188 Å². The SMILES string of the molecule is CC(C)Oc1ccc(C(=O)NC(=S)Nc2ccc(S(=O)(=O)N=C(N)N)cc2)cc1Br. The van der Waals surface area contributed by atoms with Crippen LogP contribution in [0.4, 0.5) is 5.69 Å². The molecule has 160 valence electrons. The third-order valence-electron chi connectivity index (χ3n) is 3.42. The highest BCUT2D eigenvalue weighted by atomic mass is 79.9. The number of thiocarbonyl (C=S) groups is 1. The molecule has 0 heterocycles. The van der Waals surface area contributed by atoms with Crippen LogP contribution < -0.4 is 26.8 Å². The molecule has 0 bridgehead atoms. The first-order valence-corrected chi connectivity index (χ1v) is 11.2. The first-order chi connectivity index (χ1) is 14.0. The van der Waals surface area contributed by atoms with E-state index in [4.69, 9.17) is 28.4 Å². The van der Waals surface area contributed by atoms with Crippen molar-refractivity contribution in [3.63, 3.8) is 0 Å². The molecule has 0 atom stereocenters. The van der Waals surface area contributed by atoms with Crippen molar-refractivity contribution < 1.29 is 17.9 Å². The quantitative estimate of drug-likeness (QED) is 0.261. The van der Waals surface area contributed by atoms with Gasteiger partial charge in [0.1, 0.15) is 5.75 Å². The number of nitrogens with one attached hydrogen (secondary N) is 2. The number of benzene rings is 2. The molecule has 0 aliphatic heterocycles. The Balaban J connectivity index is 2.03. The van der Waals surface area contributed by atoms with E-state index in [1.54, 1.807) is 18.2 Å². The molecule has 0 aliphatic rings. The fraction of sp³-hybridized carbons (Fsp3) is 0.167. The van der Waals surface area contributed by atoms with Gasteiger partial charge in [0, 0.05) is 11.3 Å². The number of carbonyl (C=O) groups excluding carboxylic acids is 1. The van der Waals surface area contributed by atoms with Crippen LogP contribution in [0.3, 0.4) is 0 Å². The van der Waals surface area contributed by atoms with Crippen molar-refractivity contribution in [2.75, 3.05) is 5.32 Å². The molecule has 0 aromatic heterocycles. The van der Waals surface area contributed by atoms with Crippen molar-refractivity contribution in [2.45, 2.75) is 24.8 Å². The van der Waals surface area contributed by atoms with Crippen molar-refractivity contribution >= 4 is 60.8 Å². The average Bonchev–Trinajstić information content (AvgIpc) is 2.62. The number of anilines is 1. The van der Waals surface area contributed by atoms with E-state index in [-0.39, 0.29) is 16.1 Å². The standard InChI is InChI=1S/C18H20BrN5O4S2/c1-10(2)28-15-8-3-11(9-14(15)19)16(25)23-18(29)22-12-4-6-13(7-5-12)30(26,27)24-17(20)21/h3-10H,1-2H3,(H4,20,21,24)(H2,22,23,25,29). The summed E-state index contributed by atoms with van der Waals surface area (Å²) in [6, 6.07) is 10.5. The number of sulfonamides is 1. The summed E-state index contributed by atoms with van der Waals surface area (Å²) in [5.41, 5.74) is 11.1. The Bertz CT molecular complexity index is 1080. The molecule has 12 heteroatoms. The van der Waals surface area contributed by atoms with Crippen molar-refractivity contribution in [2.24, 2.45) is 15.9 Å². The lowest BCUT2D eigenvalue weighted by atomic mass is 10.2. The maximum Gasteiger partial charge on any atom is 0.285 e. The van der Waals surface area contributed by atoms with Crippen LogP contribution in [0.5, 0.6) is 5.75 Å². The Kier molecular flexibility index (Phi) is 7.76. The molecule has 2 rings (SSSR count). The first kappa shape index (κ1) is 23.6. The predicted octanol–water partition coefficient (Wildman–Crippen LogP) is 2.33. The highest BCUT2D eigenvalue weighted by molar-refractivity contribution is 9.10. The Hall–Kier alpha value is -2.70. The van der Waals surface area contributed by atoms with Gasteiger partial charge < -0.3 is 21.5 Å². The first-order valence-electron chi connectivity index (χ1n) is 8.52. The van der Waals surface area contributed by atoms with Crippen LogP contribution in [-0.4, -0.2) is 31.5 Å². The number of amides is 1. The summed E-state index contributed by atoms with van der Waals surface area (Å²) < 4.78 is 33.3. The van der Waals surface area contributed by atoms with E-state index >= 15 is 0 Å².